The van der Waals surface area contributed by atoms with E-state index in [9.17, 15) is 14.7 Å². The standard InChI is InChI=1S/C17H14BrNO4/c1-23-12-8-6-11(7-9-12)10-15(17(21)22)19-16(20)13-4-2-3-5-14(13)18/h2-10H,1H3,(H,19,20)(H,21,22)/p-1/b15-10-. The van der Waals surface area contributed by atoms with Gasteiger partial charge < -0.3 is 20.0 Å². The summed E-state index contributed by atoms with van der Waals surface area (Å²) in [6.07, 6.45) is 1.32. The number of hydrogen-bond acceptors (Lipinski definition) is 4. The first-order chi connectivity index (χ1) is 11.0. The maximum absolute atomic E-state index is 12.2. The monoisotopic (exact) mass is 374 g/mol. The molecule has 23 heavy (non-hydrogen) atoms. The van der Waals surface area contributed by atoms with E-state index in [1.165, 1.54) is 13.2 Å². The summed E-state index contributed by atoms with van der Waals surface area (Å²) < 4.78 is 5.60. The molecule has 0 aromatic heterocycles. The van der Waals surface area contributed by atoms with Crippen LogP contribution < -0.4 is 15.2 Å². The van der Waals surface area contributed by atoms with E-state index in [1.807, 2.05) is 0 Å². The van der Waals surface area contributed by atoms with Crippen molar-refractivity contribution >= 4 is 33.9 Å². The average molecular weight is 375 g/mol. The van der Waals surface area contributed by atoms with Gasteiger partial charge in [0.25, 0.3) is 5.91 Å². The van der Waals surface area contributed by atoms with Crippen molar-refractivity contribution in [3.8, 4) is 5.75 Å². The Morgan fingerprint density at radius 1 is 1.13 bits per heavy atom. The molecule has 0 aliphatic carbocycles. The van der Waals surface area contributed by atoms with E-state index >= 15 is 0 Å². The Kier molecular flexibility index (Phi) is 5.54. The van der Waals surface area contributed by atoms with Gasteiger partial charge in [-0.25, -0.2) is 0 Å². The van der Waals surface area contributed by atoms with Gasteiger partial charge in [0.05, 0.1) is 24.3 Å². The molecule has 2 aromatic carbocycles. The molecular weight excluding hydrogens is 362 g/mol. The second-order valence-electron chi connectivity index (χ2n) is 4.55. The van der Waals surface area contributed by atoms with Crippen LogP contribution in [0.5, 0.6) is 5.75 Å². The lowest BCUT2D eigenvalue weighted by molar-refractivity contribution is -0.299. The number of hydrogen-bond donors (Lipinski definition) is 1. The lowest BCUT2D eigenvalue weighted by Crippen LogP contribution is -2.35. The molecule has 0 aliphatic rings. The van der Waals surface area contributed by atoms with Crippen LogP contribution in [0.15, 0.2) is 58.7 Å². The quantitative estimate of drug-likeness (QED) is 0.811. The molecular formula is C17H13BrNO4-. The van der Waals surface area contributed by atoms with Gasteiger partial charge >= 0.3 is 0 Å². The minimum absolute atomic E-state index is 0.323. The van der Waals surface area contributed by atoms with Crippen molar-refractivity contribution in [2.45, 2.75) is 0 Å². The number of carbonyl (C=O) groups is 2. The molecule has 2 aromatic rings. The molecule has 0 saturated carbocycles. The van der Waals surface area contributed by atoms with Crippen LogP contribution in [0.1, 0.15) is 15.9 Å². The van der Waals surface area contributed by atoms with E-state index in [1.54, 1.807) is 48.5 Å². The summed E-state index contributed by atoms with van der Waals surface area (Å²) in [6, 6.07) is 13.4. The predicted molar refractivity (Wildman–Crippen MR) is 87.6 cm³/mol. The number of carboxylic acid groups (broad SMARTS) is 1. The SMILES string of the molecule is COc1ccc(/C=C(\NC(=O)c2ccccc2Br)C(=O)[O-])cc1. The third kappa shape index (κ3) is 4.43. The lowest BCUT2D eigenvalue weighted by Gasteiger charge is -2.12. The van der Waals surface area contributed by atoms with Gasteiger partial charge in [0.2, 0.25) is 0 Å². The molecule has 0 atom stereocenters. The summed E-state index contributed by atoms with van der Waals surface area (Å²) in [5.41, 5.74) is 0.600. The van der Waals surface area contributed by atoms with Crippen LogP contribution in [0.2, 0.25) is 0 Å². The number of carbonyl (C=O) groups excluding carboxylic acids is 2. The third-order valence-corrected chi connectivity index (χ3v) is 3.70. The summed E-state index contributed by atoms with van der Waals surface area (Å²) in [5.74, 6) is -1.36. The molecule has 0 bridgehead atoms. The van der Waals surface area contributed by atoms with Crippen LogP contribution >= 0.6 is 15.9 Å². The molecule has 6 heteroatoms. The molecule has 0 spiro atoms. The van der Waals surface area contributed by atoms with Crippen molar-refractivity contribution < 1.29 is 19.4 Å². The number of methoxy groups -OCH3 is 1. The predicted octanol–water partition coefficient (Wildman–Crippen LogP) is 1.98. The minimum Gasteiger partial charge on any atom is -0.543 e. The van der Waals surface area contributed by atoms with E-state index in [-0.39, 0.29) is 5.70 Å². The van der Waals surface area contributed by atoms with E-state index < -0.39 is 11.9 Å². The van der Waals surface area contributed by atoms with Crippen molar-refractivity contribution in [2.75, 3.05) is 7.11 Å². The summed E-state index contributed by atoms with van der Waals surface area (Å²) in [5, 5.41) is 13.6. The average Bonchev–Trinajstić information content (AvgIpc) is 2.55. The van der Waals surface area contributed by atoms with Crippen LogP contribution in [0.25, 0.3) is 6.08 Å². The molecule has 2 rings (SSSR count). The van der Waals surface area contributed by atoms with Crippen molar-refractivity contribution in [1.29, 1.82) is 0 Å². The van der Waals surface area contributed by atoms with E-state index in [4.69, 9.17) is 4.74 Å². The second-order valence-corrected chi connectivity index (χ2v) is 5.41. The Morgan fingerprint density at radius 2 is 1.78 bits per heavy atom. The zero-order valence-electron chi connectivity index (χ0n) is 12.2. The molecule has 0 fully saturated rings. The second kappa shape index (κ2) is 7.60. The molecule has 1 N–H and O–H groups in total. The Hall–Kier alpha value is -2.60. The van der Waals surface area contributed by atoms with E-state index in [0.717, 1.165) is 0 Å². The van der Waals surface area contributed by atoms with Crippen LogP contribution in [0.3, 0.4) is 0 Å². The number of benzene rings is 2. The zero-order chi connectivity index (χ0) is 16.8. The third-order valence-electron chi connectivity index (χ3n) is 3.01. The molecule has 118 valence electrons. The summed E-state index contributed by atoms with van der Waals surface area (Å²) in [6.45, 7) is 0. The molecule has 0 radical (unpaired) electrons. The first kappa shape index (κ1) is 16.8. The maximum atomic E-state index is 12.2. The fourth-order valence-electron chi connectivity index (χ4n) is 1.85. The van der Waals surface area contributed by atoms with Gasteiger partial charge in [0.1, 0.15) is 5.75 Å². The summed E-state index contributed by atoms with van der Waals surface area (Å²) >= 11 is 3.25. The molecule has 1 amide bonds. The van der Waals surface area contributed by atoms with Gasteiger partial charge in [-0.1, -0.05) is 24.3 Å². The Morgan fingerprint density at radius 3 is 2.35 bits per heavy atom. The summed E-state index contributed by atoms with van der Waals surface area (Å²) in [7, 11) is 1.54. The topological polar surface area (TPSA) is 78.5 Å². The number of amides is 1. The van der Waals surface area contributed by atoms with Crippen molar-refractivity contribution in [3.63, 3.8) is 0 Å². The molecule has 0 unspecified atom stereocenters. The smallest absolute Gasteiger partial charge is 0.256 e. The van der Waals surface area contributed by atoms with Crippen molar-refractivity contribution in [3.05, 3.63) is 69.8 Å². The normalized spacial score (nSPS) is 11.0. The highest BCUT2D eigenvalue weighted by Gasteiger charge is 2.11. The Labute approximate surface area is 141 Å². The van der Waals surface area contributed by atoms with Crippen LogP contribution in [-0.2, 0) is 4.79 Å². The fourth-order valence-corrected chi connectivity index (χ4v) is 2.31. The lowest BCUT2D eigenvalue weighted by atomic mass is 10.1. The largest absolute Gasteiger partial charge is 0.543 e. The van der Waals surface area contributed by atoms with Crippen molar-refractivity contribution in [2.24, 2.45) is 0 Å². The van der Waals surface area contributed by atoms with Gasteiger partial charge in [-0.2, -0.15) is 0 Å². The van der Waals surface area contributed by atoms with E-state index in [0.29, 0.717) is 21.3 Å². The fraction of sp³-hybridized carbons (Fsp3) is 0.0588. The van der Waals surface area contributed by atoms with Crippen LogP contribution in [0.4, 0.5) is 0 Å². The molecule has 5 nitrogen and oxygen atoms in total. The van der Waals surface area contributed by atoms with Gasteiger partial charge in [0.15, 0.2) is 0 Å². The van der Waals surface area contributed by atoms with Crippen LogP contribution in [-0.4, -0.2) is 19.0 Å². The van der Waals surface area contributed by atoms with Gasteiger partial charge in [0, 0.05) is 4.47 Å². The molecule has 0 aliphatic heterocycles. The van der Waals surface area contributed by atoms with Crippen molar-refractivity contribution in [1.82, 2.24) is 5.32 Å². The number of ether oxygens (including phenoxy) is 1. The highest BCUT2D eigenvalue weighted by Crippen LogP contribution is 2.17. The number of carboxylic acids is 1. The number of halogens is 1. The Bertz CT molecular complexity index is 753. The highest BCUT2D eigenvalue weighted by molar-refractivity contribution is 9.10. The zero-order valence-corrected chi connectivity index (χ0v) is 13.8. The van der Waals surface area contributed by atoms with Gasteiger partial charge in [-0.05, 0) is 51.8 Å². The summed E-state index contributed by atoms with van der Waals surface area (Å²) in [4.78, 5) is 23.4. The molecule has 0 saturated heterocycles. The Balaban J connectivity index is 2.24. The number of nitrogens with one attached hydrogen (secondary N) is 1. The first-order valence-corrected chi connectivity index (χ1v) is 7.43. The van der Waals surface area contributed by atoms with Gasteiger partial charge in [-0.3, -0.25) is 4.79 Å². The highest BCUT2D eigenvalue weighted by atomic mass is 79.9. The molecule has 0 heterocycles. The first-order valence-electron chi connectivity index (χ1n) is 6.64. The van der Waals surface area contributed by atoms with Crippen LogP contribution in [0, 0.1) is 0 Å². The number of rotatable bonds is 5. The number of aliphatic carboxylic acids is 1. The minimum atomic E-state index is -1.47. The van der Waals surface area contributed by atoms with Gasteiger partial charge in [-0.15, -0.1) is 0 Å². The van der Waals surface area contributed by atoms with E-state index in [2.05, 4.69) is 21.2 Å². The maximum Gasteiger partial charge on any atom is 0.256 e.